The Morgan fingerprint density at radius 1 is 1.10 bits per heavy atom. The first-order chi connectivity index (χ1) is 13.8. The molecule has 1 N–H and O–H groups in total. The number of benzene rings is 2. The van der Waals surface area contributed by atoms with Gasteiger partial charge < -0.3 is 20.0 Å². The second kappa shape index (κ2) is 7.51. The van der Waals surface area contributed by atoms with Crippen molar-refractivity contribution in [3.05, 3.63) is 58.1 Å². The highest BCUT2D eigenvalue weighted by molar-refractivity contribution is 9.10. The van der Waals surface area contributed by atoms with Crippen LogP contribution in [0.15, 0.2) is 46.9 Å². The lowest BCUT2D eigenvalue weighted by Gasteiger charge is -2.39. The number of nitrogens with one attached hydrogen (secondary N) is 1. The van der Waals surface area contributed by atoms with E-state index in [-0.39, 0.29) is 24.3 Å². The maximum atomic E-state index is 13.0. The molecule has 150 valence electrons. The van der Waals surface area contributed by atoms with Gasteiger partial charge in [0.05, 0.1) is 17.8 Å². The van der Waals surface area contributed by atoms with E-state index in [0.717, 1.165) is 10.2 Å². The van der Waals surface area contributed by atoms with E-state index < -0.39 is 6.04 Å². The zero-order valence-electron chi connectivity index (χ0n) is 16.2. The number of anilines is 2. The van der Waals surface area contributed by atoms with Gasteiger partial charge in [0.2, 0.25) is 5.91 Å². The van der Waals surface area contributed by atoms with Crippen LogP contribution in [0.5, 0.6) is 0 Å². The van der Waals surface area contributed by atoms with E-state index >= 15 is 0 Å². The Morgan fingerprint density at radius 2 is 1.83 bits per heavy atom. The van der Waals surface area contributed by atoms with Crippen LogP contribution in [0.2, 0.25) is 0 Å². The number of piperazine rings is 1. The average molecular weight is 457 g/mol. The molecule has 0 bridgehead atoms. The van der Waals surface area contributed by atoms with Gasteiger partial charge in [0.25, 0.3) is 11.8 Å². The van der Waals surface area contributed by atoms with Crippen molar-refractivity contribution in [2.75, 3.05) is 43.9 Å². The summed E-state index contributed by atoms with van der Waals surface area (Å²) in [6.45, 7) is 0.860. The fourth-order valence-electron chi connectivity index (χ4n) is 3.69. The Morgan fingerprint density at radius 3 is 2.52 bits per heavy atom. The topological polar surface area (TPSA) is 73.0 Å². The first kappa shape index (κ1) is 19.4. The summed E-state index contributed by atoms with van der Waals surface area (Å²) >= 11 is 3.38. The summed E-state index contributed by atoms with van der Waals surface area (Å²) in [6, 6.07) is 11.8. The summed E-state index contributed by atoms with van der Waals surface area (Å²) in [7, 11) is 3.88. The van der Waals surface area contributed by atoms with Crippen LogP contribution in [-0.2, 0) is 4.79 Å². The highest BCUT2D eigenvalue weighted by Gasteiger charge is 2.40. The molecule has 29 heavy (non-hydrogen) atoms. The van der Waals surface area contributed by atoms with E-state index in [2.05, 4.69) is 21.2 Å². The molecule has 0 saturated carbocycles. The van der Waals surface area contributed by atoms with Crippen molar-refractivity contribution >= 4 is 45.0 Å². The molecule has 2 aromatic rings. The van der Waals surface area contributed by atoms with Gasteiger partial charge in [-0.2, -0.15) is 0 Å². The van der Waals surface area contributed by atoms with Gasteiger partial charge in [-0.05, 0) is 42.5 Å². The zero-order valence-corrected chi connectivity index (χ0v) is 17.8. The molecule has 1 atom stereocenters. The monoisotopic (exact) mass is 456 g/mol. The number of hydrogen-bond donors (Lipinski definition) is 1. The van der Waals surface area contributed by atoms with Crippen LogP contribution in [0.1, 0.15) is 20.7 Å². The van der Waals surface area contributed by atoms with Crippen molar-refractivity contribution in [1.29, 1.82) is 0 Å². The average Bonchev–Trinajstić information content (AvgIpc) is 2.82. The quantitative estimate of drug-likeness (QED) is 0.752. The molecule has 7 nitrogen and oxygen atoms in total. The number of amides is 3. The van der Waals surface area contributed by atoms with Crippen molar-refractivity contribution in [3.63, 3.8) is 0 Å². The molecule has 0 spiro atoms. The lowest BCUT2D eigenvalue weighted by Crippen LogP contribution is -2.59. The molecular weight excluding hydrogens is 436 g/mol. The van der Waals surface area contributed by atoms with E-state index in [0.29, 0.717) is 29.9 Å². The molecule has 3 amide bonds. The minimum Gasteiger partial charge on any atom is -0.378 e. The number of halogens is 1. The summed E-state index contributed by atoms with van der Waals surface area (Å²) in [6.07, 6.45) is 0. The molecule has 1 fully saturated rings. The SMILES string of the molecule is CN(C)c1ccc(C(=O)N2CCN3C(=O)c4cc(Br)ccc4NC(=O)C3C2)cc1. The molecular formula is C21H21BrN4O3. The van der Waals surface area contributed by atoms with E-state index in [1.54, 1.807) is 40.1 Å². The first-order valence-corrected chi connectivity index (χ1v) is 10.1. The van der Waals surface area contributed by atoms with Gasteiger partial charge in [-0.15, -0.1) is 0 Å². The van der Waals surface area contributed by atoms with E-state index in [1.807, 2.05) is 31.1 Å². The third-order valence-corrected chi connectivity index (χ3v) is 5.82. The zero-order chi connectivity index (χ0) is 20.7. The summed E-state index contributed by atoms with van der Waals surface area (Å²) in [5.74, 6) is -0.619. The van der Waals surface area contributed by atoms with Gasteiger partial charge in [-0.25, -0.2) is 0 Å². The third-order valence-electron chi connectivity index (χ3n) is 5.33. The number of rotatable bonds is 2. The first-order valence-electron chi connectivity index (χ1n) is 9.33. The standard InChI is InChI=1S/C21H21BrN4O3/c1-24(2)15-6-3-13(4-7-15)20(28)25-9-10-26-18(12-25)19(27)23-17-8-5-14(22)11-16(17)21(26)29/h3-8,11,18H,9-10,12H2,1-2H3,(H,23,27). The highest BCUT2D eigenvalue weighted by atomic mass is 79.9. The maximum absolute atomic E-state index is 13.0. The van der Waals surface area contributed by atoms with Gasteiger partial charge in [0, 0.05) is 42.9 Å². The van der Waals surface area contributed by atoms with Crippen molar-refractivity contribution in [2.24, 2.45) is 0 Å². The third kappa shape index (κ3) is 3.60. The number of carbonyl (C=O) groups is 3. The summed E-state index contributed by atoms with van der Waals surface area (Å²) in [5.41, 5.74) is 2.52. The molecule has 2 heterocycles. The summed E-state index contributed by atoms with van der Waals surface area (Å²) in [5, 5.41) is 2.83. The Kier molecular flexibility index (Phi) is 5.04. The van der Waals surface area contributed by atoms with Crippen LogP contribution in [0.25, 0.3) is 0 Å². The van der Waals surface area contributed by atoms with Crippen molar-refractivity contribution < 1.29 is 14.4 Å². The molecule has 8 heteroatoms. The molecule has 1 saturated heterocycles. The van der Waals surface area contributed by atoms with Gasteiger partial charge in [0.15, 0.2) is 0 Å². The minimum atomic E-state index is -0.715. The van der Waals surface area contributed by atoms with Crippen LogP contribution in [0, 0.1) is 0 Å². The van der Waals surface area contributed by atoms with E-state index in [1.165, 1.54) is 0 Å². The van der Waals surface area contributed by atoms with E-state index in [9.17, 15) is 14.4 Å². The molecule has 2 aliphatic heterocycles. The Balaban J connectivity index is 1.56. The fourth-order valence-corrected chi connectivity index (χ4v) is 4.05. The molecule has 2 aliphatic rings. The van der Waals surface area contributed by atoms with Crippen molar-refractivity contribution in [3.8, 4) is 0 Å². The predicted octanol–water partition coefficient (Wildman–Crippen LogP) is 2.43. The van der Waals surface area contributed by atoms with Crippen LogP contribution in [0.3, 0.4) is 0 Å². The molecule has 1 unspecified atom stereocenters. The van der Waals surface area contributed by atoms with Gasteiger partial charge in [0.1, 0.15) is 6.04 Å². The lowest BCUT2D eigenvalue weighted by molar-refractivity contribution is -0.121. The molecule has 0 aromatic heterocycles. The largest absolute Gasteiger partial charge is 0.378 e. The van der Waals surface area contributed by atoms with Gasteiger partial charge in [-0.3, -0.25) is 14.4 Å². The summed E-state index contributed by atoms with van der Waals surface area (Å²) < 4.78 is 0.771. The Bertz CT molecular complexity index is 990. The molecule has 4 rings (SSSR count). The van der Waals surface area contributed by atoms with Crippen LogP contribution < -0.4 is 10.2 Å². The van der Waals surface area contributed by atoms with Crippen LogP contribution in [0.4, 0.5) is 11.4 Å². The minimum absolute atomic E-state index is 0.139. The maximum Gasteiger partial charge on any atom is 0.256 e. The van der Waals surface area contributed by atoms with Crippen molar-refractivity contribution in [1.82, 2.24) is 9.80 Å². The van der Waals surface area contributed by atoms with Crippen LogP contribution >= 0.6 is 15.9 Å². The second-order valence-electron chi connectivity index (χ2n) is 7.39. The molecule has 2 aromatic carbocycles. The lowest BCUT2D eigenvalue weighted by atomic mass is 10.1. The van der Waals surface area contributed by atoms with Gasteiger partial charge >= 0.3 is 0 Å². The molecule has 0 radical (unpaired) electrons. The van der Waals surface area contributed by atoms with Crippen molar-refractivity contribution in [2.45, 2.75) is 6.04 Å². The number of fused-ring (bicyclic) bond motifs is 2. The number of carbonyl (C=O) groups excluding carboxylic acids is 3. The van der Waals surface area contributed by atoms with E-state index in [4.69, 9.17) is 0 Å². The van der Waals surface area contributed by atoms with Crippen LogP contribution in [-0.4, -0.2) is 67.3 Å². The second-order valence-corrected chi connectivity index (χ2v) is 8.30. The summed E-state index contributed by atoms with van der Waals surface area (Å²) in [4.78, 5) is 44.0. The number of nitrogens with zero attached hydrogens (tertiary/aromatic N) is 3. The molecule has 0 aliphatic carbocycles. The fraction of sp³-hybridized carbons (Fsp3) is 0.286. The van der Waals surface area contributed by atoms with Gasteiger partial charge in [-0.1, -0.05) is 15.9 Å². The number of hydrogen-bond acceptors (Lipinski definition) is 4. The smallest absolute Gasteiger partial charge is 0.256 e. The predicted molar refractivity (Wildman–Crippen MR) is 114 cm³/mol. The Hall–Kier alpha value is -2.87. The normalized spacial score (nSPS) is 18.5. The Labute approximate surface area is 177 Å². The highest BCUT2D eigenvalue weighted by Crippen LogP contribution is 2.28.